The highest BCUT2D eigenvalue weighted by Gasteiger charge is 2.18. The van der Waals surface area contributed by atoms with Crippen LogP contribution in [0, 0.1) is 0 Å². The van der Waals surface area contributed by atoms with Gasteiger partial charge in [0, 0.05) is 5.56 Å². The lowest BCUT2D eigenvalue weighted by molar-refractivity contribution is 0.0747. The Labute approximate surface area is 152 Å². The van der Waals surface area contributed by atoms with Crippen LogP contribution in [0.25, 0.3) is 0 Å². The van der Waals surface area contributed by atoms with E-state index in [9.17, 15) is 18.3 Å². The van der Waals surface area contributed by atoms with Crippen LogP contribution in [0.1, 0.15) is 22.0 Å². The Bertz CT molecular complexity index is 924. The van der Waals surface area contributed by atoms with E-state index in [4.69, 9.17) is 4.55 Å². The molecule has 0 aliphatic carbocycles. The summed E-state index contributed by atoms with van der Waals surface area (Å²) >= 11 is 0. The number of aliphatic hydroxyl groups is 1. The number of carbonyl (C=O) groups is 1. The van der Waals surface area contributed by atoms with Crippen LogP contribution >= 0.6 is 0 Å². The molecule has 0 saturated carbocycles. The van der Waals surface area contributed by atoms with Crippen molar-refractivity contribution in [3.05, 3.63) is 102 Å². The summed E-state index contributed by atoms with van der Waals surface area (Å²) in [6, 6.07) is 25.2. The smallest absolute Gasteiger partial charge is 0.294 e. The van der Waals surface area contributed by atoms with Gasteiger partial charge in [0.2, 0.25) is 0 Å². The highest BCUT2D eigenvalue weighted by Crippen LogP contribution is 2.17. The zero-order valence-electron chi connectivity index (χ0n) is 13.8. The molecule has 1 unspecified atom stereocenters. The van der Waals surface area contributed by atoms with Crippen LogP contribution in [0.2, 0.25) is 0 Å². The van der Waals surface area contributed by atoms with Crippen LogP contribution < -0.4 is 0 Å². The first-order valence-corrected chi connectivity index (χ1v) is 9.18. The molecule has 0 heterocycles. The Morgan fingerprint density at radius 3 is 1.58 bits per heavy atom. The van der Waals surface area contributed by atoms with E-state index < -0.39 is 16.2 Å². The maximum absolute atomic E-state index is 11.9. The Morgan fingerprint density at radius 1 is 0.731 bits per heavy atom. The average Bonchev–Trinajstić information content (AvgIpc) is 2.69. The lowest BCUT2D eigenvalue weighted by Crippen LogP contribution is -2.11. The number of hydrogen-bond acceptors (Lipinski definition) is 4. The SMILES string of the molecule is O=C(c1ccccc1)C(O)c1ccccc1.O=S(=O)(O)c1ccccc1. The second kappa shape index (κ2) is 9.05. The second-order valence-electron chi connectivity index (χ2n) is 5.33. The zero-order chi connectivity index (χ0) is 19.0. The van der Waals surface area contributed by atoms with Crippen molar-refractivity contribution in [2.24, 2.45) is 0 Å². The summed E-state index contributed by atoms with van der Waals surface area (Å²) in [6.45, 7) is 0. The van der Waals surface area contributed by atoms with Gasteiger partial charge >= 0.3 is 0 Å². The van der Waals surface area contributed by atoms with E-state index in [1.807, 2.05) is 12.1 Å². The van der Waals surface area contributed by atoms with E-state index in [0.29, 0.717) is 11.1 Å². The summed E-state index contributed by atoms with van der Waals surface area (Å²) in [6.07, 6.45) is -1.08. The molecule has 0 aromatic heterocycles. The van der Waals surface area contributed by atoms with E-state index in [1.54, 1.807) is 66.7 Å². The van der Waals surface area contributed by atoms with Gasteiger partial charge in [-0.05, 0) is 17.7 Å². The van der Waals surface area contributed by atoms with Gasteiger partial charge in [-0.15, -0.1) is 0 Å². The van der Waals surface area contributed by atoms with Crippen molar-refractivity contribution >= 4 is 15.9 Å². The molecule has 2 N–H and O–H groups in total. The van der Waals surface area contributed by atoms with E-state index >= 15 is 0 Å². The summed E-state index contributed by atoms with van der Waals surface area (Å²) in [5.74, 6) is -0.271. The highest BCUT2D eigenvalue weighted by atomic mass is 32.2. The summed E-state index contributed by atoms with van der Waals surface area (Å²) < 4.78 is 29.2. The second-order valence-corrected chi connectivity index (χ2v) is 6.75. The molecule has 3 rings (SSSR count). The monoisotopic (exact) mass is 370 g/mol. The fourth-order valence-electron chi connectivity index (χ4n) is 2.14. The van der Waals surface area contributed by atoms with Gasteiger partial charge in [-0.3, -0.25) is 9.35 Å². The lowest BCUT2D eigenvalue weighted by atomic mass is 10.0. The Hall–Kier alpha value is -2.80. The van der Waals surface area contributed by atoms with Gasteiger partial charge in [0.15, 0.2) is 5.78 Å². The first-order valence-electron chi connectivity index (χ1n) is 7.74. The quantitative estimate of drug-likeness (QED) is 0.541. The van der Waals surface area contributed by atoms with Gasteiger partial charge in [-0.1, -0.05) is 78.9 Å². The van der Waals surface area contributed by atoms with Crippen molar-refractivity contribution in [1.29, 1.82) is 0 Å². The predicted molar refractivity (Wildman–Crippen MR) is 98.4 cm³/mol. The summed E-state index contributed by atoms with van der Waals surface area (Å²) in [5.41, 5.74) is 1.15. The van der Waals surface area contributed by atoms with E-state index in [2.05, 4.69) is 0 Å². The molecule has 0 fully saturated rings. The van der Waals surface area contributed by atoms with Crippen LogP contribution in [0.4, 0.5) is 0 Å². The lowest BCUT2D eigenvalue weighted by Gasteiger charge is -2.09. The molecule has 0 bridgehead atoms. The van der Waals surface area contributed by atoms with Gasteiger partial charge in [0.05, 0.1) is 4.90 Å². The molecule has 3 aromatic rings. The summed E-state index contributed by atoms with van der Waals surface area (Å²) in [7, 11) is -4.00. The molecule has 1 atom stereocenters. The Kier molecular flexibility index (Phi) is 6.80. The third-order valence-electron chi connectivity index (χ3n) is 3.46. The largest absolute Gasteiger partial charge is 0.380 e. The minimum atomic E-state index is -4.00. The minimum absolute atomic E-state index is 0.0741. The third-order valence-corrected chi connectivity index (χ3v) is 4.33. The standard InChI is InChI=1S/C14H12O2.C6H6O3S/c15-13(11-7-3-1-4-8-11)14(16)12-9-5-2-6-10-12;7-10(8,9)6-4-2-1-3-5-6/h1-10,13,15H;1-5H,(H,7,8,9). The molecule has 3 aromatic carbocycles. The Balaban J connectivity index is 0.000000209. The van der Waals surface area contributed by atoms with Gasteiger partial charge in [0.25, 0.3) is 10.1 Å². The molecule has 0 saturated heterocycles. The highest BCUT2D eigenvalue weighted by molar-refractivity contribution is 7.85. The topological polar surface area (TPSA) is 91.7 Å². The molecule has 6 heteroatoms. The van der Waals surface area contributed by atoms with Crippen molar-refractivity contribution in [3.8, 4) is 0 Å². The molecule has 0 aliphatic heterocycles. The van der Waals surface area contributed by atoms with Crippen LogP contribution in [-0.2, 0) is 10.1 Å². The molecule has 0 spiro atoms. The Morgan fingerprint density at radius 2 is 1.15 bits per heavy atom. The maximum atomic E-state index is 11.9. The van der Waals surface area contributed by atoms with E-state index in [1.165, 1.54) is 12.1 Å². The summed E-state index contributed by atoms with van der Waals surface area (Å²) in [4.78, 5) is 11.8. The molecule has 26 heavy (non-hydrogen) atoms. The number of benzene rings is 3. The number of rotatable bonds is 4. The minimum Gasteiger partial charge on any atom is -0.380 e. The van der Waals surface area contributed by atoms with Gasteiger partial charge in [-0.25, -0.2) is 0 Å². The average molecular weight is 370 g/mol. The molecule has 134 valence electrons. The number of hydrogen-bond donors (Lipinski definition) is 2. The van der Waals surface area contributed by atoms with E-state index in [0.717, 1.165) is 0 Å². The molecule has 0 radical (unpaired) electrons. The molecule has 0 aliphatic rings. The fourth-order valence-corrected chi connectivity index (χ4v) is 2.64. The van der Waals surface area contributed by atoms with Crippen LogP contribution in [0.5, 0.6) is 0 Å². The summed E-state index contributed by atoms with van der Waals surface area (Å²) in [5, 5.41) is 9.89. The number of ketones is 1. The fraction of sp³-hybridized carbons (Fsp3) is 0.0500. The number of aliphatic hydroxyl groups excluding tert-OH is 1. The van der Waals surface area contributed by atoms with Crippen molar-refractivity contribution in [2.45, 2.75) is 11.0 Å². The molecule has 0 amide bonds. The first kappa shape index (κ1) is 19.5. The maximum Gasteiger partial charge on any atom is 0.294 e. The molecular formula is C20H18O5S. The van der Waals surface area contributed by atoms with Crippen LogP contribution in [0.3, 0.4) is 0 Å². The molecule has 5 nitrogen and oxygen atoms in total. The number of carbonyl (C=O) groups excluding carboxylic acids is 1. The van der Waals surface area contributed by atoms with Gasteiger partial charge in [-0.2, -0.15) is 8.42 Å². The van der Waals surface area contributed by atoms with Crippen LogP contribution in [0.15, 0.2) is 95.9 Å². The number of Topliss-reactive ketones (excluding diaryl/α,β-unsaturated/α-hetero) is 1. The van der Waals surface area contributed by atoms with Crippen molar-refractivity contribution in [1.82, 2.24) is 0 Å². The van der Waals surface area contributed by atoms with E-state index in [-0.39, 0.29) is 10.7 Å². The van der Waals surface area contributed by atoms with Crippen molar-refractivity contribution in [3.63, 3.8) is 0 Å². The predicted octanol–water partition coefficient (Wildman–Crippen LogP) is 3.54. The normalized spacial score (nSPS) is 11.8. The molecular weight excluding hydrogens is 352 g/mol. The van der Waals surface area contributed by atoms with Gasteiger partial charge < -0.3 is 5.11 Å². The zero-order valence-corrected chi connectivity index (χ0v) is 14.6. The third kappa shape index (κ3) is 5.63. The van der Waals surface area contributed by atoms with Crippen molar-refractivity contribution < 1.29 is 22.9 Å². The van der Waals surface area contributed by atoms with Crippen molar-refractivity contribution in [2.75, 3.05) is 0 Å². The first-order chi connectivity index (χ1) is 12.4. The van der Waals surface area contributed by atoms with Gasteiger partial charge in [0.1, 0.15) is 6.10 Å². The van der Waals surface area contributed by atoms with Crippen LogP contribution in [-0.4, -0.2) is 23.9 Å².